The zero-order chi connectivity index (χ0) is 27.5. The molecule has 3 unspecified atom stereocenters. The third-order valence-electron chi connectivity index (χ3n) is 5.12. The van der Waals surface area contributed by atoms with Gasteiger partial charge < -0.3 is 44.2 Å². The molecule has 2 heterocycles. The quantitative estimate of drug-likeness (QED) is 0.194. The Hall–Kier alpha value is -2.49. The number of hydrogen-bond donors (Lipinski definition) is 5. The van der Waals surface area contributed by atoms with Gasteiger partial charge in [0.2, 0.25) is 5.91 Å². The number of phosphoric ester groups is 1. The van der Waals surface area contributed by atoms with Crippen LogP contribution in [-0.2, 0) is 40.3 Å². The van der Waals surface area contributed by atoms with Crippen LogP contribution in [0.25, 0.3) is 0 Å². The number of carbonyl (C=O) groups is 1. The van der Waals surface area contributed by atoms with Crippen molar-refractivity contribution in [1.29, 1.82) is 0 Å². The van der Waals surface area contributed by atoms with Crippen molar-refractivity contribution in [1.82, 2.24) is 9.55 Å². The summed E-state index contributed by atoms with van der Waals surface area (Å²) in [5.74, 6) is -0.546. The van der Waals surface area contributed by atoms with E-state index in [1.54, 1.807) is 0 Å². The molecule has 0 saturated carbocycles. The number of nitrogens with zero attached hydrogens (tertiary/aromatic N) is 1. The maximum atomic E-state index is 12.4. The molecule has 0 spiro atoms. The number of phosphoric acid groups is 1. The molecular weight excluding hydrogens is 540 g/mol. The summed E-state index contributed by atoms with van der Waals surface area (Å²) in [7, 11) is -10.7. The van der Waals surface area contributed by atoms with E-state index in [1.165, 1.54) is 18.2 Å². The van der Waals surface area contributed by atoms with E-state index >= 15 is 0 Å². The van der Waals surface area contributed by atoms with E-state index in [-0.39, 0.29) is 11.3 Å². The molecule has 1 fully saturated rings. The topological polar surface area (TPSA) is 253 Å². The summed E-state index contributed by atoms with van der Waals surface area (Å²) in [6.07, 6.45) is -6.52. The highest BCUT2D eigenvalue weighted by Gasteiger charge is 2.44. The maximum Gasteiger partial charge on any atom is 0.330 e. The van der Waals surface area contributed by atoms with Crippen molar-refractivity contribution in [3.05, 3.63) is 62.4 Å². The van der Waals surface area contributed by atoms with E-state index in [4.69, 9.17) is 4.74 Å². The molecule has 37 heavy (non-hydrogen) atoms. The van der Waals surface area contributed by atoms with E-state index in [0.29, 0.717) is 5.56 Å². The molecule has 3 rings (SSSR count). The minimum atomic E-state index is -5.56. The number of aliphatic hydroxyl groups excluding tert-OH is 3. The number of aliphatic hydroxyl groups is 3. The Morgan fingerprint density at radius 1 is 1.22 bits per heavy atom. The zero-order valence-corrected chi connectivity index (χ0v) is 20.9. The summed E-state index contributed by atoms with van der Waals surface area (Å²) < 4.78 is 39.4. The highest BCUT2D eigenvalue weighted by Crippen LogP contribution is 2.57. The monoisotopic (exact) mass is 563 g/mol. The van der Waals surface area contributed by atoms with Gasteiger partial charge in [0.25, 0.3) is 13.4 Å². The number of anilines is 1. The summed E-state index contributed by atoms with van der Waals surface area (Å²) in [5.41, 5.74) is -1.36. The van der Waals surface area contributed by atoms with Crippen LogP contribution in [0.2, 0.25) is 0 Å². The van der Waals surface area contributed by atoms with Crippen molar-refractivity contribution >= 4 is 27.0 Å². The van der Waals surface area contributed by atoms with Crippen LogP contribution in [0.1, 0.15) is 24.3 Å². The number of nitrogens with one attached hydrogen (secondary N) is 2. The molecule has 16 nitrogen and oxygen atoms in total. The number of carbonyl (C=O) groups excluding carboxylic acids is 1. The van der Waals surface area contributed by atoms with Gasteiger partial charge in [-0.3, -0.25) is 28.0 Å². The van der Waals surface area contributed by atoms with E-state index in [1.807, 2.05) is 4.98 Å². The fourth-order valence-corrected chi connectivity index (χ4v) is 6.13. The number of rotatable bonds is 10. The van der Waals surface area contributed by atoms with Gasteiger partial charge in [-0.25, -0.2) is 4.79 Å². The molecule has 1 aliphatic rings. The van der Waals surface area contributed by atoms with E-state index in [0.717, 1.165) is 23.8 Å². The Kier molecular flexibility index (Phi) is 9.03. The molecule has 18 heteroatoms. The first-order chi connectivity index (χ1) is 17.2. The first-order valence-corrected chi connectivity index (χ1v) is 13.7. The van der Waals surface area contributed by atoms with Crippen LogP contribution >= 0.6 is 15.4 Å². The second kappa shape index (κ2) is 11.5. The Morgan fingerprint density at radius 2 is 1.92 bits per heavy atom. The summed E-state index contributed by atoms with van der Waals surface area (Å²) in [4.78, 5) is 61.1. The minimum Gasteiger partial charge on any atom is -0.778 e. The molecule has 6 atom stereocenters. The SMILES string of the molecule is CC(=O)Nc1cc(CO)ccc1CP(=O)([O-])OP(=O)([O-])OC[C@H]1O[C@@H](n2ccc(=O)[nH]c2=O)[C@@H](O)C1O. The number of aromatic nitrogens is 2. The number of hydrogen-bond acceptors (Lipinski definition) is 13. The highest BCUT2D eigenvalue weighted by atomic mass is 31.3. The summed E-state index contributed by atoms with van der Waals surface area (Å²) in [6, 6.07) is 4.87. The van der Waals surface area contributed by atoms with Crippen molar-refractivity contribution in [2.45, 2.75) is 44.2 Å². The van der Waals surface area contributed by atoms with Gasteiger partial charge in [0.15, 0.2) is 6.23 Å². The van der Waals surface area contributed by atoms with Crippen molar-refractivity contribution < 1.29 is 52.6 Å². The molecule has 0 aliphatic carbocycles. The average Bonchev–Trinajstić information content (AvgIpc) is 3.06. The van der Waals surface area contributed by atoms with Crippen LogP contribution in [0.4, 0.5) is 5.69 Å². The van der Waals surface area contributed by atoms with E-state index in [9.17, 15) is 48.6 Å². The van der Waals surface area contributed by atoms with Crippen molar-refractivity contribution in [3.63, 3.8) is 0 Å². The van der Waals surface area contributed by atoms with Crippen LogP contribution in [-0.4, -0.2) is 55.7 Å². The fourth-order valence-electron chi connectivity index (χ4n) is 3.47. The van der Waals surface area contributed by atoms with Crippen molar-refractivity contribution in [2.24, 2.45) is 0 Å². The predicted molar refractivity (Wildman–Crippen MR) is 120 cm³/mol. The Bertz CT molecular complexity index is 1360. The molecule has 2 aromatic rings. The largest absolute Gasteiger partial charge is 0.778 e. The lowest BCUT2D eigenvalue weighted by atomic mass is 10.1. The lowest BCUT2D eigenvalue weighted by Gasteiger charge is -2.32. The minimum absolute atomic E-state index is 0.0142. The summed E-state index contributed by atoms with van der Waals surface area (Å²) in [6.45, 7) is -0.226. The standard InChI is InChI=1S/C19H25N3O13P2/c1-10(24)20-13-6-11(7-23)2-3-12(13)9-36(29,30)35-37(31,32)33-8-14-16(26)17(27)18(34-14)22-5-4-15(25)21-19(22)28/h2-6,14,16-18,23,26-27H,7-9H2,1H3,(H,20,24)(H,29,30)(H,31,32)(H,21,25,28)/p-2/t14-,16?,17+,18-/m1/s1. The van der Waals surface area contributed by atoms with Gasteiger partial charge in [0.05, 0.1) is 13.2 Å². The van der Waals surface area contributed by atoms with Crippen LogP contribution < -0.4 is 26.4 Å². The van der Waals surface area contributed by atoms with Crippen LogP contribution in [0, 0.1) is 0 Å². The van der Waals surface area contributed by atoms with E-state index in [2.05, 4.69) is 14.2 Å². The third-order valence-corrected chi connectivity index (χ3v) is 8.10. The first kappa shape index (κ1) is 29.1. The molecule has 5 N–H and O–H groups in total. The number of aromatic amines is 1. The molecule has 1 saturated heterocycles. The predicted octanol–water partition coefficient (Wildman–Crippen LogP) is -2.14. The van der Waals surface area contributed by atoms with E-state index < -0.39 is 76.5 Å². The highest BCUT2D eigenvalue weighted by molar-refractivity contribution is 7.62. The normalized spacial score (nSPS) is 24.8. The Balaban J connectivity index is 1.67. The molecule has 1 amide bonds. The molecule has 0 bridgehead atoms. The second-order valence-corrected chi connectivity index (χ2v) is 11.3. The van der Waals surface area contributed by atoms with Gasteiger partial charge in [0.1, 0.15) is 25.9 Å². The van der Waals surface area contributed by atoms with Crippen molar-refractivity contribution in [3.8, 4) is 0 Å². The number of H-pyrrole nitrogens is 1. The van der Waals surface area contributed by atoms with Gasteiger partial charge in [-0.1, -0.05) is 12.1 Å². The molecule has 204 valence electrons. The zero-order valence-electron chi connectivity index (χ0n) is 19.1. The van der Waals surface area contributed by atoms with Crippen LogP contribution in [0.15, 0.2) is 40.1 Å². The Labute approximate surface area is 208 Å². The lowest BCUT2D eigenvalue weighted by molar-refractivity contribution is -0.234. The number of amides is 1. The molecule has 1 aromatic carbocycles. The fraction of sp³-hybridized carbons (Fsp3) is 0.421. The molecular formula is C19H23N3O13P2-2. The Morgan fingerprint density at radius 3 is 2.54 bits per heavy atom. The van der Waals surface area contributed by atoms with Gasteiger partial charge >= 0.3 is 5.69 Å². The van der Waals surface area contributed by atoms with Gasteiger partial charge in [-0.05, 0) is 17.2 Å². The molecule has 0 radical (unpaired) electrons. The average molecular weight is 563 g/mol. The molecule has 1 aromatic heterocycles. The lowest BCUT2D eigenvalue weighted by Crippen LogP contribution is -2.37. The van der Waals surface area contributed by atoms with Crippen LogP contribution in [0.5, 0.6) is 0 Å². The number of benzene rings is 1. The van der Waals surface area contributed by atoms with Gasteiger partial charge in [-0.15, -0.1) is 0 Å². The molecule has 1 aliphatic heterocycles. The first-order valence-electron chi connectivity index (χ1n) is 10.5. The smallest absolute Gasteiger partial charge is 0.330 e. The van der Waals surface area contributed by atoms with Crippen molar-refractivity contribution in [2.75, 3.05) is 11.9 Å². The number of ether oxygens (including phenoxy) is 1. The second-order valence-electron chi connectivity index (χ2n) is 7.99. The summed E-state index contributed by atoms with van der Waals surface area (Å²) >= 11 is 0. The third kappa shape index (κ3) is 7.52. The van der Waals surface area contributed by atoms with Crippen LogP contribution in [0.3, 0.4) is 0 Å². The van der Waals surface area contributed by atoms with Gasteiger partial charge in [-0.2, -0.15) is 0 Å². The summed E-state index contributed by atoms with van der Waals surface area (Å²) in [5, 5.41) is 32.0. The maximum absolute atomic E-state index is 12.4. The van der Waals surface area contributed by atoms with Gasteiger partial charge in [0, 0.05) is 31.0 Å².